The van der Waals surface area contributed by atoms with Gasteiger partial charge in [0.25, 0.3) is 0 Å². The van der Waals surface area contributed by atoms with Crippen LogP contribution in [0.15, 0.2) is 22.7 Å². The molecule has 0 spiro atoms. The molecule has 20 heavy (non-hydrogen) atoms. The fraction of sp³-hybridized carbons (Fsp3) is 0.625. The third kappa shape index (κ3) is 5.43. The molecule has 0 atom stereocenters. The Kier molecular flexibility index (Phi) is 8.19. The zero-order valence-corrected chi connectivity index (χ0v) is 14.5. The van der Waals surface area contributed by atoms with Crippen molar-refractivity contribution in [2.24, 2.45) is 0 Å². The molecule has 1 N–H and O–H groups in total. The first-order valence-electron chi connectivity index (χ1n) is 7.53. The standard InChI is InChI=1S/C16H27BrN2O/c1-4-18(5-2)11-8-12-19(6-3)13-14-9-7-10-15(17)16(14)20/h7,9-10,20H,4-6,8,11-13H2,1-3H3. The van der Waals surface area contributed by atoms with E-state index in [0.717, 1.165) is 49.3 Å². The van der Waals surface area contributed by atoms with Crippen LogP contribution in [0.4, 0.5) is 0 Å². The molecule has 0 unspecified atom stereocenters. The van der Waals surface area contributed by atoms with Gasteiger partial charge in [0, 0.05) is 12.1 Å². The number of nitrogens with zero attached hydrogens (tertiary/aromatic N) is 2. The first-order valence-corrected chi connectivity index (χ1v) is 8.32. The maximum absolute atomic E-state index is 10.0. The molecule has 0 aliphatic heterocycles. The number of phenols is 1. The van der Waals surface area contributed by atoms with Gasteiger partial charge < -0.3 is 10.0 Å². The van der Waals surface area contributed by atoms with Crippen LogP contribution in [-0.2, 0) is 6.54 Å². The minimum Gasteiger partial charge on any atom is -0.506 e. The van der Waals surface area contributed by atoms with Crippen LogP contribution in [0.1, 0.15) is 32.8 Å². The average molecular weight is 343 g/mol. The number of hydrogen-bond donors (Lipinski definition) is 1. The molecule has 0 aliphatic rings. The van der Waals surface area contributed by atoms with Gasteiger partial charge in [-0.25, -0.2) is 0 Å². The van der Waals surface area contributed by atoms with Gasteiger partial charge in [-0.2, -0.15) is 0 Å². The largest absolute Gasteiger partial charge is 0.506 e. The Labute approximate surface area is 131 Å². The van der Waals surface area contributed by atoms with Crippen molar-refractivity contribution in [2.45, 2.75) is 33.7 Å². The number of para-hydroxylation sites is 1. The van der Waals surface area contributed by atoms with Gasteiger partial charge in [-0.3, -0.25) is 4.90 Å². The number of benzene rings is 1. The lowest BCUT2D eigenvalue weighted by atomic mass is 10.2. The van der Waals surface area contributed by atoms with Crippen LogP contribution in [-0.4, -0.2) is 47.6 Å². The molecule has 0 aromatic heterocycles. The lowest BCUT2D eigenvalue weighted by molar-refractivity contribution is 0.236. The zero-order valence-electron chi connectivity index (χ0n) is 12.9. The number of hydrogen-bond acceptors (Lipinski definition) is 3. The predicted molar refractivity (Wildman–Crippen MR) is 89.2 cm³/mol. The molecule has 1 aromatic carbocycles. The molecule has 1 aromatic rings. The fourth-order valence-electron chi connectivity index (χ4n) is 2.34. The van der Waals surface area contributed by atoms with Crippen molar-refractivity contribution in [3.05, 3.63) is 28.2 Å². The van der Waals surface area contributed by atoms with Crippen LogP contribution in [0.5, 0.6) is 5.75 Å². The Hall–Kier alpha value is -0.580. The minimum absolute atomic E-state index is 0.370. The van der Waals surface area contributed by atoms with Gasteiger partial charge in [0.2, 0.25) is 0 Å². The summed E-state index contributed by atoms with van der Waals surface area (Å²) < 4.78 is 0.772. The lowest BCUT2D eigenvalue weighted by Crippen LogP contribution is -2.29. The molecule has 0 amide bonds. The quantitative estimate of drug-likeness (QED) is 0.740. The zero-order chi connectivity index (χ0) is 15.0. The summed E-state index contributed by atoms with van der Waals surface area (Å²) in [5.74, 6) is 0.370. The normalized spacial score (nSPS) is 11.5. The van der Waals surface area contributed by atoms with E-state index in [1.165, 1.54) is 6.42 Å². The molecule has 0 saturated carbocycles. The van der Waals surface area contributed by atoms with E-state index < -0.39 is 0 Å². The number of phenolic OH excluding ortho intramolecular Hbond substituents is 1. The van der Waals surface area contributed by atoms with Crippen LogP contribution in [0, 0.1) is 0 Å². The first kappa shape index (κ1) is 17.5. The Morgan fingerprint density at radius 2 is 1.60 bits per heavy atom. The SMILES string of the molecule is CCN(CC)CCCN(CC)Cc1cccc(Br)c1O. The third-order valence-electron chi connectivity index (χ3n) is 3.75. The summed E-state index contributed by atoms with van der Waals surface area (Å²) in [5, 5.41) is 10.0. The summed E-state index contributed by atoms with van der Waals surface area (Å²) in [6, 6.07) is 5.84. The van der Waals surface area contributed by atoms with E-state index in [2.05, 4.69) is 46.5 Å². The Morgan fingerprint density at radius 3 is 2.20 bits per heavy atom. The van der Waals surface area contributed by atoms with E-state index >= 15 is 0 Å². The van der Waals surface area contributed by atoms with E-state index in [0.29, 0.717) is 5.75 Å². The van der Waals surface area contributed by atoms with E-state index in [1.807, 2.05) is 18.2 Å². The summed E-state index contributed by atoms with van der Waals surface area (Å²) in [4.78, 5) is 4.83. The predicted octanol–water partition coefficient (Wildman–Crippen LogP) is 3.71. The van der Waals surface area contributed by atoms with Crippen molar-refractivity contribution >= 4 is 15.9 Å². The highest BCUT2D eigenvalue weighted by atomic mass is 79.9. The Balaban J connectivity index is 2.49. The summed E-state index contributed by atoms with van der Waals surface area (Å²) >= 11 is 3.37. The van der Waals surface area contributed by atoms with Gasteiger partial charge in [0.15, 0.2) is 0 Å². The molecule has 0 heterocycles. The van der Waals surface area contributed by atoms with Gasteiger partial charge in [0.05, 0.1) is 4.47 Å². The molecule has 114 valence electrons. The smallest absolute Gasteiger partial charge is 0.134 e. The molecule has 1 rings (SSSR count). The van der Waals surface area contributed by atoms with Crippen molar-refractivity contribution in [1.29, 1.82) is 0 Å². The van der Waals surface area contributed by atoms with Crippen molar-refractivity contribution in [2.75, 3.05) is 32.7 Å². The van der Waals surface area contributed by atoms with Crippen LogP contribution in [0.2, 0.25) is 0 Å². The summed E-state index contributed by atoms with van der Waals surface area (Å²) in [7, 11) is 0. The highest BCUT2D eigenvalue weighted by molar-refractivity contribution is 9.10. The highest BCUT2D eigenvalue weighted by Gasteiger charge is 2.10. The van der Waals surface area contributed by atoms with Crippen LogP contribution in [0.25, 0.3) is 0 Å². The van der Waals surface area contributed by atoms with Gasteiger partial charge >= 0.3 is 0 Å². The van der Waals surface area contributed by atoms with Crippen molar-refractivity contribution in [3.8, 4) is 5.75 Å². The molecular weight excluding hydrogens is 316 g/mol. The van der Waals surface area contributed by atoms with Crippen LogP contribution < -0.4 is 0 Å². The number of aromatic hydroxyl groups is 1. The second-order valence-electron chi connectivity index (χ2n) is 5.00. The second-order valence-corrected chi connectivity index (χ2v) is 5.85. The van der Waals surface area contributed by atoms with Gasteiger partial charge in [0.1, 0.15) is 5.75 Å². The summed E-state index contributed by atoms with van der Waals surface area (Å²) in [6.45, 7) is 12.9. The topological polar surface area (TPSA) is 26.7 Å². The fourth-order valence-corrected chi connectivity index (χ4v) is 2.74. The third-order valence-corrected chi connectivity index (χ3v) is 4.39. The Morgan fingerprint density at radius 1 is 1.00 bits per heavy atom. The van der Waals surface area contributed by atoms with Gasteiger partial charge in [-0.15, -0.1) is 0 Å². The molecule has 0 fully saturated rings. The van der Waals surface area contributed by atoms with Crippen molar-refractivity contribution < 1.29 is 5.11 Å². The Bertz CT molecular complexity index is 394. The lowest BCUT2D eigenvalue weighted by Gasteiger charge is -2.23. The number of rotatable bonds is 9. The molecule has 4 heteroatoms. The molecule has 0 bridgehead atoms. The van der Waals surface area contributed by atoms with E-state index in [-0.39, 0.29) is 0 Å². The van der Waals surface area contributed by atoms with Gasteiger partial charge in [-0.1, -0.05) is 32.9 Å². The van der Waals surface area contributed by atoms with Crippen molar-refractivity contribution in [1.82, 2.24) is 9.80 Å². The first-order chi connectivity index (χ1) is 9.62. The van der Waals surface area contributed by atoms with E-state index in [4.69, 9.17) is 0 Å². The maximum atomic E-state index is 10.0. The summed E-state index contributed by atoms with van der Waals surface area (Å²) in [5.41, 5.74) is 0.990. The number of halogens is 1. The highest BCUT2D eigenvalue weighted by Crippen LogP contribution is 2.28. The second kappa shape index (κ2) is 9.37. The molecule has 0 radical (unpaired) electrons. The molecular formula is C16H27BrN2O. The molecule has 0 saturated heterocycles. The van der Waals surface area contributed by atoms with E-state index in [9.17, 15) is 5.11 Å². The average Bonchev–Trinajstić information content (AvgIpc) is 2.46. The maximum Gasteiger partial charge on any atom is 0.134 e. The van der Waals surface area contributed by atoms with Crippen molar-refractivity contribution in [3.63, 3.8) is 0 Å². The van der Waals surface area contributed by atoms with E-state index in [1.54, 1.807) is 0 Å². The minimum atomic E-state index is 0.370. The molecule has 0 aliphatic carbocycles. The monoisotopic (exact) mass is 342 g/mol. The van der Waals surface area contributed by atoms with Gasteiger partial charge in [-0.05, 0) is 61.1 Å². The molecule has 3 nitrogen and oxygen atoms in total. The summed E-state index contributed by atoms with van der Waals surface area (Å²) in [6.07, 6.45) is 1.17. The van der Waals surface area contributed by atoms with Crippen LogP contribution in [0.3, 0.4) is 0 Å². The van der Waals surface area contributed by atoms with Crippen LogP contribution >= 0.6 is 15.9 Å².